The molecule has 1 saturated heterocycles. The maximum atomic E-state index is 13.0. The molecular weight excluding hydrogens is 383 g/mol. The van der Waals surface area contributed by atoms with Gasteiger partial charge < -0.3 is 20.1 Å². The Balaban J connectivity index is 1.45. The van der Waals surface area contributed by atoms with Crippen LogP contribution in [-0.4, -0.2) is 57.8 Å². The number of rotatable bonds is 8. The van der Waals surface area contributed by atoms with Crippen LogP contribution in [0.25, 0.3) is 0 Å². The average molecular weight is 415 g/mol. The largest absolute Gasteiger partial charge is 0.497 e. The quantitative estimate of drug-likeness (QED) is 0.514. The zero-order valence-electron chi connectivity index (χ0n) is 18.0. The van der Waals surface area contributed by atoms with Crippen LogP contribution in [0.3, 0.4) is 0 Å². The Kier molecular flexibility index (Phi) is 7.90. The fourth-order valence-electron chi connectivity index (χ4n) is 3.67. The molecule has 2 aromatic rings. The number of likely N-dealkylation sites (tertiary alicyclic amines) is 1. The summed E-state index contributed by atoms with van der Waals surface area (Å²) in [6, 6.07) is 13.0. The molecule has 0 saturated carbocycles. The van der Waals surface area contributed by atoms with E-state index >= 15 is 0 Å². The van der Waals surface area contributed by atoms with Gasteiger partial charge in [0.15, 0.2) is 5.96 Å². The summed E-state index contributed by atoms with van der Waals surface area (Å²) in [6.07, 6.45) is 1.87. The highest BCUT2D eigenvalue weighted by atomic mass is 19.1. The molecule has 2 N–H and O–H groups in total. The SMILES string of the molecule is CN=C(NCCc1ccc(F)cc1)NC1CCN(Cc2cc(OC)cc(OC)c2)C1. The Hall–Kier alpha value is -2.80. The van der Waals surface area contributed by atoms with E-state index < -0.39 is 0 Å². The molecule has 1 heterocycles. The van der Waals surface area contributed by atoms with Crippen molar-refractivity contribution >= 4 is 5.96 Å². The van der Waals surface area contributed by atoms with E-state index in [1.54, 1.807) is 21.3 Å². The molecular formula is C23H31FN4O2. The van der Waals surface area contributed by atoms with Crippen molar-refractivity contribution in [1.82, 2.24) is 15.5 Å². The van der Waals surface area contributed by atoms with E-state index in [-0.39, 0.29) is 5.82 Å². The van der Waals surface area contributed by atoms with Gasteiger partial charge in [-0.1, -0.05) is 12.1 Å². The van der Waals surface area contributed by atoms with Gasteiger partial charge in [-0.05, 0) is 48.2 Å². The molecule has 1 unspecified atom stereocenters. The second-order valence-corrected chi connectivity index (χ2v) is 7.46. The van der Waals surface area contributed by atoms with E-state index in [0.29, 0.717) is 6.04 Å². The molecule has 1 aliphatic rings. The molecule has 0 aromatic heterocycles. The number of guanidine groups is 1. The summed E-state index contributed by atoms with van der Waals surface area (Å²) >= 11 is 0. The fourth-order valence-corrected chi connectivity index (χ4v) is 3.67. The molecule has 0 radical (unpaired) electrons. The van der Waals surface area contributed by atoms with Gasteiger partial charge in [0.1, 0.15) is 17.3 Å². The van der Waals surface area contributed by atoms with Crippen LogP contribution in [-0.2, 0) is 13.0 Å². The molecule has 1 atom stereocenters. The number of methoxy groups -OCH3 is 2. The smallest absolute Gasteiger partial charge is 0.191 e. The first-order valence-electron chi connectivity index (χ1n) is 10.3. The number of halogens is 1. The number of ether oxygens (including phenoxy) is 2. The monoisotopic (exact) mass is 414 g/mol. The van der Waals surface area contributed by atoms with Gasteiger partial charge in [0.2, 0.25) is 0 Å². The minimum Gasteiger partial charge on any atom is -0.497 e. The average Bonchev–Trinajstić information content (AvgIpc) is 3.20. The number of aliphatic imine (C=N–C) groups is 1. The van der Waals surface area contributed by atoms with Crippen molar-refractivity contribution in [3.8, 4) is 11.5 Å². The van der Waals surface area contributed by atoms with E-state index in [1.807, 2.05) is 18.2 Å². The number of hydrogen-bond acceptors (Lipinski definition) is 4. The van der Waals surface area contributed by atoms with Crippen molar-refractivity contribution in [3.63, 3.8) is 0 Å². The summed E-state index contributed by atoms with van der Waals surface area (Å²) < 4.78 is 23.7. The molecule has 0 bridgehead atoms. The highest BCUT2D eigenvalue weighted by Gasteiger charge is 2.23. The van der Waals surface area contributed by atoms with Gasteiger partial charge in [-0.15, -0.1) is 0 Å². The molecule has 30 heavy (non-hydrogen) atoms. The molecule has 1 fully saturated rings. The second kappa shape index (κ2) is 10.8. The van der Waals surface area contributed by atoms with Crippen molar-refractivity contribution in [2.75, 3.05) is 40.9 Å². The van der Waals surface area contributed by atoms with Gasteiger partial charge in [-0.3, -0.25) is 9.89 Å². The summed E-state index contributed by atoms with van der Waals surface area (Å²) in [5.41, 5.74) is 2.27. The highest BCUT2D eigenvalue weighted by Crippen LogP contribution is 2.24. The third kappa shape index (κ3) is 6.35. The second-order valence-electron chi connectivity index (χ2n) is 7.46. The predicted molar refractivity (Wildman–Crippen MR) is 118 cm³/mol. The van der Waals surface area contributed by atoms with E-state index in [1.165, 1.54) is 17.7 Å². The normalized spacial score (nSPS) is 17.1. The van der Waals surface area contributed by atoms with Crippen LogP contribution in [0.5, 0.6) is 11.5 Å². The highest BCUT2D eigenvalue weighted by molar-refractivity contribution is 5.80. The van der Waals surface area contributed by atoms with Crippen LogP contribution in [0.1, 0.15) is 17.5 Å². The maximum Gasteiger partial charge on any atom is 0.191 e. The Morgan fingerprint density at radius 1 is 1.10 bits per heavy atom. The fraction of sp³-hybridized carbons (Fsp3) is 0.435. The lowest BCUT2D eigenvalue weighted by molar-refractivity contribution is 0.321. The third-order valence-electron chi connectivity index (χ3n) is 5.27. The molecule has 2 aromatic carbocycles. The number of nitrogens with zero attached hydrogens (tertiary/aromatic N) is 2. The Bertz CT molecular complexity index is 819. The third-order valence-corrected chi connectivity index (χ3v) is 5.27. The van der Waals surface area contributed by atoms with Crippen molar-refractivity contribution in [2.45, 2.75) is 25.4 Å². The van der Waals surface area contributed by atoms with Crippen LogP contribution in [0.15, 0.2) is 47.5 Å². The van der Waals surface area contributed by atoms with Gasteiger partial charge in [-0.2, -0.15) is 0 Å². The molecule has 3 rings (SSSR count). The van der Waals surface area contributed by atoms with Gasteiger partial charge in [-0.25, -0.2) is 4.39 Å². The lowest BCUT2D eigenvalue weighted by Gasteiger charge is -2.19. The Labute approximate surface area is 178 Å². The van der Waals surface area contributed by atoms with E-state index in [9.17, 15) is 4.39 Å². The van der Waals surface area contributed by atoms with Gasteiger partial charge in [0.05, 0.1) is 14.2 Å². The first-order valence-corrected chi connectivity index (χ1v) is 10.3. The number of hydrogen-bond donors (Lipinski definition) is 2. The van der Waals surface area contributed by atoms with Crippen molar-refractivity contribution in [1.29, 1.82) is 0 Å². The minimum atomic E-state index is -0.206. The Morgan fingerprint density at radius 3 is 2.43 bits per heavy atom. The molecule has 1 aliphatic heterocycles. The van der Waals surface area contributed by atoms with Crippen LogP contribution < -0.4 is 20.1 Å². The molecule has 0 spiro atoms. The molecule has 0 aliphatic carbocycles. The summed E-state index contributed by atoms with van der Waals surface area (Å²) in [5.74, 6) is 2.21. The first-order chi connectivity index (χ1) is 14.6. The molecule has 0 amide bonds. The molecule has 6 nitrogen and oxygen atoms in total. The molecule has 162 valence electrons. The lowest BCUT2D eigenvalue weighted by Crippen LogP contribution is -2.45. The molecule has 7 heteroatoms. The van der Waals surface area contributed by atoms with Crippen LogP contribution in [0, 0.1) is 5.82 Å². The first kappa shape index (κ1) is 21.9. The van der Waals surface area contributed by atoms with E-state index in [0.717, 1.165) is 62.0 Å². The maximum absolute atomic E-state index is 13.0. The zero-order valence-corrected chi connectivity index (χ0v) is 18.0. The topological polar surface area (TPSA) is 58.1 Å². The summed E-state index contributed by atoms with van der Waals surface area (Å²) in [6.45, 7) is 3.55. The Morgan fingerprint density at radius 2 is 1.80 bits per heavy atom. The standard InChI is InChI=1S/C23H31FN4O2/c1-25-23(26-10-8-17-4-6-19(24)7-5-17)27-20-9-11-28(16-20)15-18-12-21(29-2)14-22(13-18)30-3/h4-7,12-14,20H,8-11,15-16H2,1-3H3,(H2,25,26,27). The zero-order chi connectivity index (χ0) is 21.3. The van der Waals surface area contributed by atoms with E-state index in [4.69, 9.17) is 9.47 Å². The van der Waals surface area contributed by atoms with Gasteiger partial charge in [0.25, 0.3) is 0 Å². The van der Waals surface area contributed by atoms with Crippen LogP contribution in [0.2, 0.25) is 0 Å². The van der Waals surface area contributed by atoms with Crippen molar-refractivity contribution < 1.29 is 13.9 Å². The van der Waals surface area contributed by atoms with Crippen molar-refractivity contribution in [2.24, 2.45) is 4.99 Å². The summed E-state index contributed by atoms with van der Waals surface area (Å²) in [5, 5.41) is 6.86. The van der Waals surface area contributed by atoms with Gasteiger partial charge >= 0.3 is 0 Å². The summed E-state index contributed by atoms with van der Waals surface area (Å²) in [7, 11) is 5.12. The van der Waals surface area contributed by atoms with Gasteiger partial charge in [0, 0.05) is 45.3 Å². The van der Waals surface area contributed by atoms with E-state index in [2.05, 4.69) is 32.7 Å². The number of nitrogens with one attached hydrogen (secondary N) is 2. The van der Waals surface area contributed by atoms with Crippen LogP contribution in [0.4, 0.5) is 4.39 Å². The van der Waals surface area contributed by atoms with Crippen molar-refractivity contribution in [3.05, 3.63) is 59.4 Å². The summed E-state index contributed by atoms with van der Waals surface area (Å²) in [4.78, 5) is 6.75. The van der Waals surface area contributed by atoms with Crippen LogP contribution >= 0.6 is 0 Å². The number of benzene rings is 2. The minimum absolute atomic E-state index is 0.206. The lowest BCUT2D eigenvalue weighted by atomic mass is 10.1. The predicted octanol–water partition coefficient (Wildman–Crippen LogP) is 2.82.